The van der Waals surface area contributed by atoms with Crippen molar-refractivity contribution in [2.45, 2.75) is 37.9 Å². The lowest BCUT2D eigenvalue weighted by Crippen LogP contribution is -2.42. The summed E-state index contributed by atoms with van der Waals surface area (Å²) < 4.78 is 47.5. The molecule has 0 radical (unpaired) electrons. The maximum absolute atomic E-state index is 13.9. The first-order chi connectivity index (χ1) is 17.3. The van der Waals surface area contributed by atoms with Crippen molar-refractivity contribution in [3.8, 4) is 5.75 Å². The van der Waals surface area contributed by atoms with Gasteiger partial charge in [0.1, 0.15) is 11.7 Å². The van der Waals surface area contributed by atoms with Crippen LogP contribution < -0.4 is 15.4 Å². The maximum Gasteiger partial charge on any atom is 0.399 e. The molecule has 2 unspecified atom stereocenters. The number of nitrogens with one attached hydrogen (secondary N) is 2. The number of rotatable bonds is 7. The minimum atomic E-state index is -4.52. The molecule has 2 N–H and O–H groups in total. The lowest BCUT2D eigenvalue weighted by molar-refractivity contribution is -0.151. The smallest absolute Gasteiger partial charge is 0.399 e. The van der Waals surface area contributed by atoms with Gasteiger partial charge in [-0.2, -0.15) is 13.2 Å². The van der Waals surface area contributed by atoms with Crippen LogP contribution in [0.2, 0.25) is 0 Å². The molecule has 0 spiro atoms. The van der Waals surface area contributed by atoms with Gasteiger partial charge in [-0.25, -0.2) is 0 Å². The van der Waals surface area contributed by atoms with E-state index >= 15 is 0 Å². The third-order valence-corrected chi connectivity index (χ3v) is 6.28. The van der Waals surface area contributed by atoms with Crippen molar-refractivity contribution in [2.24, 2.45) is 5.92 Å². The summed E-state index contributed by atoms with van der Waals surface area (Å²) in [5.74, 6) is -2.41. The number of anilines is 1. The highest BCUT2D eigenvalue weighted by Crippen LogP contribution is 2.37. The zero-order valence-electron chi connectivity index (χ0n) is 21.2. The van der Waals surface area contributed by atoms with Crippen LogP contribution >= 0.6 is 15.9 Å². The van der Waals surface area contributed by atoms with Crippen molar-refractivity contribution < 1.29 is 27.5 Å². The number of alkyl halides is 4. The van der Waals surface area contributed by atoms with Crippen LogP contribution in [0.4, 0.5) is 18.9 Å². The average Bonchev–Trinajstić information content (AvgIpc) is 2.81. The van der Waals surface area contributed by atoms with Crippen LogP contribution in [0.1, 0.15) is 31.1 Å². The van der Waals surface area contributed by atoms with Gasteiger partial charge in [0.2, 0.25) is 5.91 Å². The number of benzene rings is 1. The number of amides is 2. The fourth-order valence-corrected chi connectivity index (χ4v) is 3.95. The maximum atomic E-state index is 13.9. The number of ether oxygens (including phenoxy) is 1. The molecule has 2 atom stereocenters. The number of allylic oxidation sites excluding steroid dienone is 4. The number of piperazine rings is 1. The second kappa shape index (κ2) is 12.2. The van der Waals surface area contributed by atoms with Crippen LogP contribution in [0.3, 0.4) is 0 Å². The SMILES string of the molecule is CC(C)Oc1ccc(C(=O)NC2=CC(C(F)(F)F)C(=CN3CCN(C)CC3)C=C2)cc1NC(=O)C(C)Br. The highest BCUT2D eigenvalue weighted by Gasteiger charge is 2.41. The minimum Gasteiger partial charge on any atom is -0.489 e. The van der Waals surface area contributed by atoms with Gasteiger partial charge in [0, 0.05) is 43.6 Å². The molecule has 2 amide bonds. The first-order valence-corrected chi connectivity index (χ1v) is 12.9. The molecule has 1 heterocycles. The van der Waals surface area contributed by atoms with Crippen LogP contribution in [-0.4, -0.2) is 71.9 Å². The van der Waals surface area contributed by atoms with Crippen LogP contribution in [0.25, 0.3) is 0 Å². The van der Waals surface area contributed by atoms with Crippen molar-refractivity contribution in [1.82, 2.24) is 15.1 Å². The number of likely N-dealkylation sites (N-methyl/N-ethyl adjacent to an activating group) is 1. The summed E-state index contributed by atoms with van der Waals surface area (Å²) in [4.78, 5) is 28.7. The number of carbonyl (C=O) groups is 2. The summed E-state index contributed by atoms with van der Waals surface area (Å²) in [5.41, 5.74) is 0.616. The van der Waals surface area contributed by atoms with Crippen LogP contribution in [0.15, 0.2) is 53.9 Å². The first-order valence-electron chi connectivity index (χ1n) is 12.0. The van der Waals surface area contributed by atoms with Gasteiger partial charge < -0.3 is 25.2 Å². The van der Waals surface area contributed by atoms with E-state index in [-0.39, 0.29) is 34.5 Å². The molecule has 1 aromatic rings. The Morgan fingerprint density at radius 1 is 1.11 bits per heavy atom. The quantitative estimate of drug-likeness (QED) is 0.455. The van der Waals surface area contributed by atoms with E-state index in [1.165, 1.54) is 24.3 Å². The Morgan fingerprint density at radius 3 is 2.38 bits per heavy atom. The Labute approximate surface area is 223 Å². The second-order valence-corrected chi connectivity index (χ2v) is 10.8. The van der Waals surface area contributed by atoms with Crippen molar-refractivity contribution in [3.05, 3.63) is 59.5 Å². The molecule has 3 rings (SSSR count). The third-order valence-electron chi connectivity index (χ3n) is 5.86. The Balaban J connectivity index is 1.80. The number of carbonyl (C=O) groups excluding carboxylic acids is 2. The highest BCUT2D eigenvalue weighted by atomic mass is 79.9. The summed E-state index contributed by atoms with van der Waals surface area (Å²) in [6.07, 6.45) is 0.748. The molecule has 1 aliphatic carbocycles. The standard InChI is InChI=1S/C26H32BrF3N4O3/c1-16(2)37-23-8-6-18(13-22(23)32-24(35)17(3)27)25(36)31-20-7-5-19(21(14-20)26(28,29)30)15-34-11-9-33(4)10-12-34/h5-8,13-17,21H,9-12H2,1-4H3,(H,31,36)(H,32,35). The number of hydrogen-bond acceptors (Lipinski definition) is 5. The predicted octanol–water partition coefficient (Wildman–Crippen LogP) is 4.69. The van der Waals surface area contributed by atoms with E-state index in [1.54, 1.807) is 19.2 Å². The Kier molecular flexibility index (Phi) is 9.46. The normalized spacial score (nSPS) is 20.6. The molecule has 37 heavy (non-hydrogen) atoms. The Bertz CT molecular complexity index is 1090. The van der Waals surface area contributed by atoms with Crippen LogP contribution in [-0.2, 0) is 4.79 Å². The lowest BCUT2D eigenvalue weighted by Gasteiger charge is -2.33. The van der Waals surface area contributed by atoms with E-state index in [0.717, 1.165) is 19.2 Å². The van der Waals surface area contributed by atoms with E-state index < -0.39 is 22.8 Å². The molecule has 0 saturated carbocycles. The zero-order valence-corrected chi connectivity index (χ0v) is 22.8. The molecule has 1 aliphatic heterocycles. The lowest BCUT2D eigenvalue weighted by atomic mass is 9.92. The van der Waals surface area contributed by atoms with E-state index in [9.17, 15) is 22.8 Å². The molecule has 1 aromatic carbocycles. The van der Waals surface area contributed by atoms with Crippen LogP contribution in [0, 0.1) is 5.92 Å². The third kappa shape index (κ3) is 8.10. The summed E-state index contributed by atoms with van der Waals surface area (Å²) in [6, 6.07) is 4.48. The van der Waals surface area contributed by atoms with Gasteiger partial charge in [-0.15, -0.1) is 0 Å². The van der Waals surface area contributed by atoms with Gasteiger partial charge in [0.05, 0.1) is 16.6 Å². The zero-order chi connectivity index (χ0) is 27.3. The molecular weight excluding hydrogens is 553 g/mol. The Morgan fingerprint density at radius 2 is 1.78 bits per heavy atom. The molecule has 2 aliphatic rings. The predicted molar refractivity (Wildman–Crippen MR) is 141 cm³/mol. The topological polar surface area (TPSA) is 73.9 Å². The number of halogens is 4. The summed E-state index contributed by atoms with van der Waals surface area (Å²) in [6.45, 7) is 8.15. The summed E-state index contributed by atoms with van der Waals surface area (Å²) >= 11 is 3.20. The van der Waals surface area contributed by atoms with Crippen LogP contribution in [0.5, 0.6) is 5.75 Å². The molecule has 7 nitrogen and oxygen atoms in total. The van der Waals surface area contributed by atoms with E-state index in [0.29, 0.717) is 18.8 Å². The Hall–Kier alpha value is -2.79. The molecule has 1 fully saturated rings. The van der Waals surface area contributed by atoms with Gasteiger partial charge in [-0.05, 0) is 63.7 Å². The van der Waals surface area contributed by atoms with Gasteiger partial charge >= 0.3 is 6.18 Å². The number of hydrogen-bond donors (Lipinski definition) is 2. The van der Waals surface area contributed by atoms with Crippen molar-refractivity contribution in [3.63, 3.8) is 0 Å². The molecule has 0 aromatic heterocycles. The molecule has 202 valence electrons. The van der Waals surface area contributed by atoms with Crippen molar-refractivity contribution in [2.75, 3.05) is 38.5 Å². The van der Waals surface area contributed by atoms with Crippen molar-refractivity contribution in [1.29, 1.82) is 0 Å². The van der Waals surface area contributed by atoms with E-state index in [1.807, 2.05) is 25.8 Å². The minimum absolute atomic E-state index is 0.0463. The molecule has 1 saturated heterocycles. The molecule has 0 bridgehead atoms. The van der Waals surface area contributed by atoms with Gasteiger partial charge in [-0.1, -0.05) is 22.0 Å². The fourth-order valence-electron chi connectivity index (χ4n) is 3.83. The number of nitrogens with zero attached hydrogens (tertiary/aromatic N) is 2. The average molecular weight is 585 g/mol. The van der Waals surface area contributed by atoms with Gasteiger partial charge in [0.25, 0.3) is 5.91 Å². The first kappa shape index (κ1) is 28.8. The molecule has 11 heteroatoms. The van der Waals surface area contributed by atoms with E-state index in [4.69, 9.17) is 4.74 Å². The van der Waals surface area contributed by atoms with Gasteiger partial charge in [0.15, 0.2) is 0 Å². The fraction of sp³-hybridized carbons (Fsp3) is 0.462. The van der Waals surface area contributed by atoms with Crippen molar-refractivity contribution >= 4 is 33.4 Å². The largest absolute Gasteiger partial charge is 0.489 e. The monoisotopic (exact) mass is 584 g/mol. The second-order valence-electron chi connectivity index (χ2n) is 9.38. The molecular formula is C26H32BrF3N4O3. The van der Waals surface area contributed by atoms with E-state index in [2.05, 4.69) is 31.5 Å². The highest BCUT2D eigenvalue weighted by molar-refractivity contribution is 9.10. The van der Waals surface area contributed by atoms with Gasteiger partial charge in [-0.3, -0.25) is 9.59 Å². The summed E-state index contributed by atoms with van der Waals surface area (Å²) in [7, 11) is 1.98. The summed E-state index contributed by atoms with van der Waals surface area (Å²) in [5, 5.41) is 5.26.